The van der Waals surface area contributed by atoms with Gasteiger partial charge in [-0.1, -0.05) is 48.0 Å². The second kappa shape index (κ2) is 12.2. The van der Waals surface area contributed by atoms with Crippen molar-refractivity contribution in [3.8, 4) is 22.6 Å². The predicted molar refractivity (Wildman–Crippen MR) is 138 cm³/mol. The molecule has 0 spiro atoms. The van der Waals surface area contributed by atoms with Gasteiger partial charge in [-0.2, -0.15) is 0 Å². The number of hydrogen-bond donors (Lipinski definition) is 0. The smallest absolute Gasteiger partial charge is 0.168 e. The lowest BCUT2D eigenvalue weighted by molar-refractivity contribution is 0.198. The Morgan fingerprint density at radius 3 is 2.33 bits per heavy atom. The van der Waals surface area contributed by atoms with E-state index in [9.17, 15) is 8.78 Å². The van der Waals surface area contributed by atoms with Crippen molar-refractivity contribution in [2.45, 2.75) is 51.4 Å². The molecule has 0 heterocycles. The monoisotopic (exact) mass is 494 g/mol. The van der Waals surface area contributed by atoms with Gasteiger partial charge >= 0.3 is 0 Å². The van der Waals surface area contributed by atoms with Gasteiger partial charge in [-0.3, -0.25) is 0 Å². The third-order valence-electron chi connectivity index (χ3n) is 6.96. The second-order valence-corrected chi connectivity index (χ2v) is 9.60. The Balaban J connectivity index is 1.30. The molecule has 190 valence electrons. The van der Waals surface area contributed by atoms with Crippen LogP contribution in [0.1, 0.15) is 55.6 Å². The zero-order valence-corrected chi connectivity index (χ0v) is 20.7. The molecule has 3 aromatic rings. The van der Waals surface area contributed by atoms with Gasteiger partial charge in [-0.05, 0) is 80.5 Å². The predicted octanol–water partition coefficient (Wildman–Crippen LogP) is 8.78. The SMILES string of the molecule is C=CCCCOc1ccc(OCC2CCC(c3ccc(-c4ccc(C)cc4)c(F)c3F)CC2)cc1F. The molecule has 0 unspecified atom stereocenters. The summed E-state index contributed by atoms with van der Waals surface area (Å²) in [4.78, 5) is 0. The lowest BCUT2D eigenvalue weighted by Gasteiger charge is -2.29. The van der Waals surface area contributed by atoms with Gasteiger partial charge in [-0.25, -0.2) is 13.2 Å². The van der Waals surface area contributed by atoms with E-state index in [0.29, 0.717) is 41.6 Å². The van der Waals surface area contributed by atoms with Crippen LogP contribution in [-0.2, 0) is 0 Å². The fourth-order valence-electron chi connectivity index (χ4n) is 4.79. The molecule has 0 radical (unpaired) electrons. The fourth-order valence-corrected chi connectivity index (χ4v) is 4.79. The van der Waals surface area contributed by atoms with Gasteiger partial charge < -0.3 is 9.47 Å². The summed E-state index contributed by atoms with van der Waals surface area (Å²) < 4.78 is 55.5. The minimum absolute atomic E-state index is 0.0159. The first-order chi connectivity index (χ1) is 17.5. The van der Waals surface area contributed by atoms with Gasteiger partial charge in [0, 0.05) is 11.6 Å². The van der Waals surface area contributed by atoms with Crippen LogP contribution < -0.4 is 9.47 Å². The van der Waals surface area contributed by atoms with Crippen LogP contribution in [-0.4, -0.2) is 13.2 Å². The highest BCUT2D eigenvalue weighted by Crippen LogP contribution is 2.39. The van der Waals surface area contributed by atoms with Gasteiger partial charge in [0.25, 0.3) is 0 Å². The minimum Gasteiger partial charge on any atom is -0.493 e. The van der Waals surface area contributed by atoms with E-state index in [1.165, 1.54) is 6.07 Å². The summed E-state index contributed by atoms with van der Waals surface area (Å²) in [5.41, 5.74) is 2.49. The molecule has 2 nitrogen and oxygen atoms in total. The van der Waals surface area contributed by atoms with Gasteiger partial charge in [0.15, 0.2) is 23.2 Å². The molecule has 1 aliphatic rings. The van der Waals surface area contributed by atoms with E-state index in [4.69, 9.17) is 9.47 Å². The molecule has 0 N–H and O–H groups in total. The zero-order chi connectivity index (χ0) is 25.5. The number of allylic oxidation sites excluding steroid dienone is 1. The number of halogens is 3. The van der Waals surface area contributed by atoms with Gasteiger partial charge in [0.1, 0.15) is 5.75 Å². The van der Waals surface area contributed by atoms with Crippen LogP contribution in [0.15, 0.2) is 67.3 Å². The van der Waals surface area contributed by atoms with Crippen molar-refractivity contribution in [3.05, 3.63) is 95.8 Å². The maximum Gasteiger partial charge on any atom is 0.168 e. The van der Waals surface area contributed by atoms with Crippen molar-refractivity contribution in [2.24, 2.45) is 5.92 Å². The molecule has 1 saturated carbocycles. The molecule has 1 fully saturated rings. The standard InChI is InChI=1S/C31H33F3O2/c1-3-4-5-18-35-29-17-14-25(19-28(29)32)36-20-22-8-12-24(13-9-22)27-16-15-26(30(33)31(27)34)23-10-6-21(2)7-11-23/h3,6-7,10-11,14-17,19,22,24H,1,4-5,8-9,12-13,18,20H2,2H3. The highest BCUT2D eigenvalue weighted by molar-refractivity contribution is 5.65. The van der Waals surface area contributed by atoms with Crippen LogP contribution in [0.25, 0.3) is 11.1 Å². The first-order valence-electron chi connectivity index (χ1n) is 12.7. The van der Waals surface area contributed by atoms with Crippen molar-refractivity contribution in [1.29, 1.82) is 0 Å². The van der Waals surface area contributed by atoms with E-state index in [2.05, 4.69) is 6.58 Å². The van der Waals surface area contributed by atoms with Crippen LogP contribution in [0.5, 0.6) is 11.5 Å². The van der Waals surface area contributed by atoms with E-state index in [1.807, 2.05) is 31.2 Å². The molecule has 0 amide bonds. The van der Waals surface area contributed by atoms with Crippen molar-refractivity contribution < 1.29 is 22.6 Å². The molecule has 5 heteroatoms. The quantitative estimate of drug-likeness (QED) is 0.207. The normalized spacial score (nSPS) is 17.6. The van der Waals surface area contributed by atoms with E-state index >= 15 is 4.39 Å². The highest BCUT2D eigenvalue weighted by Gasteiger charge is 2.27. The summed E-state index contributed by atoms with van der Waals surface area (Å²) >= 11 is 0. The number of aryl methyl sites for hydroxylation is 1. The van der Waals surface area contributed by atoms with Crippen LogP contribution in [0.4, 0.5) is 13.2 Å². The molecule has 0 saturated heterocycles. The summed E-state index contributed by atoms with van der Waals surface area (Å²) in [5, 5.41) is 0. The summed E-state index contributed by atoms with van der Waals surface area (Å²) in [6, 6.07) is 15.5. The first-order valence-corrected chi connectivity index (χ1v) is 12.7. The van der Waals surface area contributed by atoms with Gasteiger partial charge in [0.05, 0.1) is 13.2 Å². The molecule has 4 rings (SSSR count). The van der Waals surface area contributed by atoms with Crippen molar-refractivity contribution in [3.63, 3.8) is 0 Å². The Morgan fingerprint density at radius 2 is 1.64 bits per heavy atom. The maximum absolute atomic E-state index is 15.0. The number of unbranched alkanes of at least 4 members (excludes halogenated alkanes) is 1. The third kappa shape index (κ3) is 6.31. The summed E-state index contributed by atoms with van der Waals surface area (Å²) in [7, 11) is 0. The topological polar surface area (TPSA) is 18.5 Å². The zero-order valence-electron chi connectivity index (χ0n) is 20.7. The minimum atomic E-state index is -0.781. The number of hydrogen-bond acceptors (Lipinski definition) is 2. The molecular weight excluding hydrogens is 461 g/mol. The Hall–Kier alpha value is -3.21. The van der Waals surface area contributed by atoms with Gasteiger partial charge in [0.2, 0.25) is 0 Å². The van der Waals surface area contributed by atoms with Crippen molar-refractivity contribution >= 4 is 0 Å². The first kappa shape index (κ1) is 25.9. The highest BCUT2D eigenvalue weighted by atomic mass is 19.2. The molecule has 1 aliphatic carbocycles. The molecule has 0 bridgehead atoms. The Morgan fingerprint density at radius 1 is 0.889 bits per heavy atom. The summed E-state index contributed by atoms with van der Waals surface area (Å²) in [5.74, 6) is -1.01. The van der Waals surface area contributed by atoms with Crippen molar-refractivity contribution in [1.82, 2.24) is 0 Å². The molecule has 0 aliphatic heterocycles. The number of ether oxygens (including phenoxy) is 2. The summed E-state index contributed by atoms with van der Waals surface area (Å²) in [6.45, 7) is 6.52. The molecule has 3 aromatic carbocycles. The third-order valence-corrected chi connectivity index (χ3v) is 6.96. The van der Waals surface area contributed by atoms with E-state index in [0.717, 1.165) is 44.1 Å². The second-order valence-electron chi connectivity index (χ2n) is 9.60. The number of benzene rings is 3. The molecule has 0 aromatic heterocycles. The fraction of sp³-hybridized carbons (Fsp3) is 0.355. The average molecular weight is 495 g/mol. The van der Waals surface area contributed by atoms with Gasteiger partial charge in [-0.15, -0.1) is 6.58 Å². The maximum atomic E-state index is 15.0. The van der Waals surface area contributed by atoms with E-state index < -0.39 is 17.5 Å². The Bertz CT molecular complexity index is 1170. The average Bonchev–Trinajstić information content (AvgIpc) is 2.89. The van der Waals surface area contributed by atoms with Crippen LogP contribution in [0.2, 0.25) is 0 Å². The molecule has 36 heavy (non-hydrogen) atoms. The van der Waals surface area contributed by atoms with E-state index in [1.54, 1.807) is 30.3 Å². The lowest BCUT2D eigenvalue weighted by atomic mass is 9.78. The molecule has 0 atom stereocenters. The Labute approximate surface area is 211 Å². The van der Waals surface area contributed by atoms with Crippen molar-refractivity contribution in [2.75, 3.05) is 13.2 Å². The number of rotatable bonds is 10. The van der Waals surface area contributed by atoms with Crippen LogP contribution >= 0.6 is 0 Å². The lowest BCUT2D eigenvalue weighted by Crippen LogP contribution is -2.20. The Kier molecular flexibility index (Phi) is 8.74. The largest absolute Gasteiger partial charge is 0.493 e. The van der Waals surface area contributed by atoms with Crippen LogP contribution in [0, 0.1) is 30.3 Å². The van der Waals surface area contributed by atoms with E-state index in [-0.39, 0.29) is 11.7 Å². The molecular formula is C31H33F3O2. The van der Waals surface area contributed by atoms with Crippen LogP contribution in [0.3, 0.4) is 0 Å². The summed E-state index contributed by atoms with van der Waals surface area (Å²) in [6.07, 6.45) is 6.64.